The largest absolute Gasteiger partial charge is 0.497 e. The van der Waals surface area contributed by atoms with E-state index in [4.69, 9.17) is 9.47 Å². The molecule has 55 heavy (non-hydrogen) atoms. The van der Waals surface area contributed by atoms with Gasteiger partial charge in [0.25, 0.3) is 5.91 Å². The van der Waals surface area contributed by atoms with Crippen molar-refractivity contribution in [2.45, 2.75) is 96.2 Å². The summed E-state index contributed by atoms with van der Waals surface area (Å²) in [5, 5.41) is 11.3. The summed E-state index contributed by atoms with van der Waals surface area (Å²) in [4.78, 5) is 47.5. The molecule has 0 saturated carbocycles. The van der Waals surface area contributed by atoms with Crippen LogP contribution in [-0.4, -0.2) is 75.3 Å². The SMILES string of the molecule is COc1ccc([Si](C)(C)[C@@H]2[C@@H](CC(=O)N3CCC[C@H]3CO)O[C@]3(C(=O)N(C/C=C(\C)CCC=C(C)C)c4ccc(N(C=O)c5ccccc5)cc43)[C@H]2C)cc1. The van der Waals surface area contributed by atoms with E-state index in [0.717, 1.165) is 49.1 Å². The van der Waals surface area contributed by atoms with E-state index in [1.807, 2.05) is 65.6 Å². The van der Waals surface area contributed by atoms with Gasteiger partial charge < -0.3 is 24.4 Å². The van der Waals surface area contributed by atoms with Crippen molar-refractivity contribution in [3.8, 4) is 5.75 Å². The van der Waals surface area contributed by atoms with Gasteiger partial charge in [-0.3, -0.25) is 19.3 Å². The summed E-state index contributed by atoms with van der Waals surface area (Å²) in [6, 6.07) is 23.2. The highest BCUT2D eigenvalue weighted by Crippen LogP contribution is 2.60. The van der Waals surface area contributed by atoms with Crippen LogP contribution in [0.2, 0.25) is 18.6 Å². The number of nitrogens with zero attached hydrogens (tertiary/aromatic N) is 3. The first-order chi connectivity index (χ1) is 26.4. The minimum absolute atomic E-state index is 0.0576. The quantitative estimate of drug-likeness (QED) is 0.103. The van der Waals surface area contributed by atoms with Crippen LogP contribution in [0.25, 0.3) is 0 Å². The molecule has 3 heterocycles. The van der Waals surface area contributed by atoms with Crippen molar-refractivity contribution in [3.63, 3.8) is 0 Å². The Balaban J connectivity index is 1.47. The van der Waals surface area contributed by atoms with Crippen molar-refractivity contribution < 1.29 is 29.0 Å². The van der Waals surface area contributed by atoms with E-state index in [0.29, 0.717) is 24.5 Å². The Kier molecular flexibility index (Phi) is 12.2. The maximum Gasteiger partial charge on any atom is 0.264 e. The lowest BCUT2D eigenvalue weighted by molar-refractivity contribution is -0.149. The Morgan fingerprint density at radius 2 is 1.76 bits per heavy atom. The molecule has 0 radical (unpaired) electrons. The molecule has 5 atom stereocenters. The second-order valence-corrected chi connectivity index (χ2v) is 20.9. The maximum atomic E-state index is 15.4. The summed E-state index contributed by atoms with van der Waals surface area (Å²) in [5.74, 6) is 0.239. The van der Waals surface area contributed by atoms with Crippen LogP contribution in [0.3, 0.4) is 0 Å². The van der Waals surface area contributed by atoms with Crippen LogP contribution in [0, 0.1) is 5.92 Å². The zero-order chi connectivity index (χ0) is 39.5. The van der Waals surface area contributed by atoms with E-state index < -0.39 is 19.8 Å². The summed E-state index contributed by atoms with van der Waals surface area (Å²) < 4.78 is 12.8. The van der Waals surface area contributed by atoms with Crippen LogP contribution in [0.15, 0.2) is 96.1 Å². The van der Waals surface area contributed by atoms with Gasteiger partial charge in [-0.1, -0.05) is 78.8 Å². The summed E-state index contributed by atoms with van der Waals surface area (Å²) in [7, 11) is -0.864. The Bertz CT molecular complexity index is 1920. The molecule has 3 aromatic carbocycles. The lowest BCUT2D eigenvalue weighted by Crippen LogP contribution is -2.52. The number of hydrogen-bond donors (Lipinski definition) is 1. The molecule has 3 aromatic rings. The van der Waals surface area contributed by atoms with E-state index in [1.165, 1.54) is 16.3 Å². The number of rotatable bonds is 14. The molecule has 3 aliphatic rings. The standard InChI is InChI=1S/C45H57N3O6Si/c1-31(2)13-11-14-32(3)24-26-47-40-23-18-35(48(30-50)34-15-9-8-10-16-34)27-39(40)45(44(47)52)33(4)43(55(6,7)38-21-19-37(53-5)20-22-38)41(54-45)28-42(51)46-25-12-17-36(46)29-49/h8-10,13,15-16,18-24,27,30,33,36,41,43,49H,11-12,14,17,25-26,28-29H2,1-7H3/b32-24+/t33-,36-,41+,43-,45+/m0/s1. The Hall–Kier alpha value is -4.51. The topological polar surface area (TPSA) is 99.6 Å². The number of fused-ring (bicyclic) bond motifs is 2. The van der Waals surface area contributed by atoms with Crippen LogP contribution in [0.1, 0.15) is 65.4 Å². The average molecular weight is 764 g/mol. The Morgan fingerprint density at radius 3 is 2.42 bits per heavy atom. The van der Waals surface area contributed by atoms with Gasteiger partial charge in [0.15, 0.2) is 5.60 Å². The molecule has 10 heteroatoms. The summed E-state index contributed by atoms with van der Waals surface area (Å²) >= 11 is 0. The molecule has 0 unspecified atom stereocenters. The minimum Gasteiger partial charge on any atom is -0.497 e. The molecule has 6 rings (SSSR count). The van der Waals surface area contributed by atoms with Crippen molar-refractivity contribution in [2.75, 3.05) is 36.6 Å². The second kappa shape index (κ2) is 16.7. The molecule has 0 aliphatic carbocycles. The smallest absolute Gasteiger partial charge is 0.264 e. The summed E-state index contributed by atoms with van der Waals surface area (Å²) in [6.07, 6.45) is 8.13. The first kappa shape index (κ1) is 40.2. The van der Waals surface area contributed by atoms with Gasteiger partial charge in [0.1, 0.15) is 5.75 Å². The van der Waals surface area contributed by atoms with Gasteiger partial charge in [0.2, 0.25) is 12.3 Å². The van der Waals surface area contributed by atoms with Crippen molar-refractivity contribution in [2.24, 2.45) is 5.92 Å². The second-order valence-electron chi connectivity index (χ2n) is 16.2. The zero-order valence-electron chi connectivity index (χ0n) is 33.5. The fraction of sp³-hybridized carbons (Fsp3) is 0.444. The first-order valence-electron chi connectivity index (χ1n) is 19.6. The number of methoxy groups -OCH3 is 1. The number of benzene rings is 3. The van der Waals surface area contributed by atoms with E-state index in [1.54, 1.807) is 16.9 Å². The number of anilines is 3. The highest BCUT2D eigenvalue weighted by molar-refractivity contribution is 6.91. The third kappa shape index (κ3) is 7.69. The van der Waals surface area contributed by atoms with Gasteiger partial charge >= 0.3 is 0 Å². The number of aliphatic hydroxyl groups is 1. The highest BCUT2D eigenvalue weighted by Gasteiger charge is 2.66. The number of allylic oxidation sites excluding steroid dienone is 3. The fourth-order valence-corrected chi connectivity index (χ4v) is 13.3. The lowest BCUT2D eigenvalue weighted by Gasteiger charge is -2.37. The number of ether oxygens (including phenoxy) is 2. The maximum absolute atomic E-state index is 15.4. The molecule has 0 bridgehead atoms. The predicted octanol–water partition coefficient (Wildman–Crippen LogP) is 7.62. The Morgan fingerprint density at radius 1 is 1.04 bits per heavy atom. The van der Waals surface area contributed by atoms with Crippen molar-refractivity contribution in [1.82, 2.24) is 4.90 Å². The number of para-hydroxylation sites is 1. The molecule has 0 aromatic heterocycles. The van der Waals surface area contributed by atoms with Crippen LogP contribution >= 0.6 is 0 Å². The van der Waals surface area contributed by atoms with Crippen LogP contribution < -0.4 is 19.7 Å². The van der Waals surface area contributed by atoms with Gasteiger partial charge in [0.05, 0.1) is 46.0 Å². The summed E-state index contributed by atoms with van der Waals surface area (Å²) in [6.45, 7) is 13.9. The third-order valence-electron chi connectivity index (χ3n) is 12.2. The monoisotopic (exact) mass is 763 g/mol. The zero-order valence-corrected chi connectivity index (χ0v) is 34.5. The number of aliphatic hydroxyl groups excluding tert-OH is 1. The van der Waals surface area contributed by atoms with Gasteiger partial charge in [-0.25, -0.2) is 0 Å². The fourth-order valence-electron chi connectivity index (χ4n) is 9.27. The lowest BCUT2D eigenvalue weighted by atomic mass is 9.82. The van der Waals surface area contributed by atoms with E-state index >= 15 is 4.79 Å². The van der Waals surface area contributed by atoms with Crippen molar-refractivity contribution in [1.29, 1.82) is 0 Å². The van der Waals surface area contributed by atoms with Crippen molar-refractivity contribution in [3.05, 3.63) is 102 Å². The molecule has 9 nitrogen and oxygen atoms in total. The predicted molar refractivity (Wildman–Crippen MR) is 222 cm³/mol. The number of carbonyl (C=O) groups is 3. The van der Waals surface area contributed by atoms with Gasteiger partial charge in [-0.15, -0.1) is 0 Å². The molecule has 2 fully saturated rings. The summed E-state index contributed by atoms with van der Waals surface area (Å²) in [5.41, 5.74) is 3.75. The number of likely N-dealkylation sites (tertiary alicyclic amines) is 1. The molecular formula is C45H57N3O6Si. The third-order valence-corrected chi connectivity index (χ3v) is 16.6. The van der Waals surface area contributed by atoms with Gasteiger partial charge in [-0.05, 0) is 94.5 Å². The van der Waals surface area contributed by atoms with Crippen molar-refractivity contribution >= 4 is 48.5 Å². The van der Waals surface area contributed by atoms with Gasteiger partial charge in [-0.2, -0.15) is 0 Å². The highest BCUT2D eigenvalue weighted by atomic mass is 28.3. The number of hydrogen-bond acceptors (Lipinski definition) is 6. The first-order valence-corrected chi connectivity index (χ1v) is 22.7. The van der Waals surface area contributed by atoms with E-state index in [2.05, 4.69) is 65.1 Å². The Labute approximate surface area is 327 Å². The molecule has 3 amide bonds. The molecule has 2 saturated heterocycles. The average Bonchev–Trinajstić information content (AvgIpc) is 3.84. The molecule has 1 spiro atoms. The van der Waals surface area contributed by atoms with Gasteiger partial charge in [0, 0.05) is 35.9 Å². The van der Waals surface area contributed by atoms with Crippen LogP contribution in [0.5, 0.6) is 5.75 Å². The molecular weight excluding hydrogens is 707 g/mol. The molecule has 292 valence electrons. The van der Waals surface area contributed by atoms with E-state index in [-0.39, 0.29) is 42.3 Å². The van der Waals surface area contributed by atoms with E-state index in [9.17, 15) is 14.7 Å². The molecule has 3 aliphatic heterocycles. The minimum atomic E-state index is -2.52. The number of amides is 3. The van der Waals surface area contributed by atoms with Crippen LogP contribution in [0.4, 0.5) is 17.1 Å². The van der Waals surface area contributed by atoms with Crippen LogP contribution in [-0.2, 0) is 24.7 Å². The normalized spacial score (nSPS) is 23.6. The number of carbonyl (C=O) groups excluding carboxylic acids is 3. The molecule has 1 N–H and O–H groups in total.